The molecular formula is C22H23FN2O4. The fraction of sp³-hybridized carbons (Fsp3) is 0.318. The van der Waals surface area contributed by atoms with Gasteiger partial charge in [0, 0.05) is 31.7 Å². The van der Waals surface area contributed by atoms with Crippen molar-refractivity contribution in [3.63, 3.8) is 0 Å². The Labute approximate surface area is 168 Å². The lowest BCUT2D eigenvalue weighted by Gasteiger charge is -2.21. The third kappa shape index (κ3) is 5.19. The molecule has 0 atom stereocenters. The van der Waals surface area contributed by atoms with Crippen LogP contribution in [0.5, 0.6) is 0 Å². The van der Waals surface area contributed by atoms with Gasteiger partial charge in [0.1, 0.15) is 5.82 Å². The highest BCUT2D eigenvalue weighted by Crippen LogP contribution is 2.22. The third-order valence-electron chi connectivity index (χ3n) is 4.79. The summed E-state index contributed by atoms with van der Waals surface area (Å²) in [4.78, 5) is 39.8. The van der Waals surface area contributed by atoms with Crippen LogP contribution in [0.4, 0.5) is 10.1 Å². The van der Waals surface area contributed by atoms with Crippen molar-refractivity contribution in [1.82, 2.24) is 4.90 Å². The first-order valence-electron chi connectivity index (χ1n) is 9.57. The number of carbonyl (C=O) groups is 3. The first-order valence-corrected chi connectivity index (χ1v) is 9.57. The Morgan fingerprint density at radius 2 is 1.97 bits per heavy atom. The molecule has 1 aliphatic rings. The molecule has 0 bridgehead atoms. The van der Waals surface area contributed by atoms with Crippen LogP contribution >= 0.6 is 0 Å². The third-order valence-corrected chi connectivity index (χ3v) is 4.79. The molecule has 1 fully saturated rings. The Hall–Kier alpha value is -3.22. The maximum absolute atomic E-state index is 13.3. The van der Waals surface area contributed by atoms with E-state index in [0.717, 1.165) is 6.42 Å². The summed E-state index contributed by atoms with van der Waals surface area (Å²) >= 11 is 0. The molecule has 6 nitrogen and oxygen atoms in total. The van der Waals surface area contributed by atoms with E-state index in [1.54, 1.807) is 48.2 Å². The zero-order chi connectivity index (χ0) is 20.8. The van der Waals surface area contributed by atoms with Gasteiger partial charge in [-0.2, -0.15) is 0 Å². The number of hydrogen-bond donors (Lipinski definition) is 0. The van der Waals surface area contributed by atoms with Crippen LogP contribution in [0.15, 0.2) is 48.5 Å². The van der Waals surface area contributed by atoms with Crippen molar-refractivity contribution >= 4 is 23.5 Å². The molecule has 2 amide bonds. The van der Waals surface area contributed by atoms with Crippen molar-refractivity contribution in [3.05, 3.63) is 65.5 Å². The number of rotatable bonds is 7. The van der Waals surface area contributed by atoms with Gasteiger partial charge in [-0.1, -0.05) is 18.2 Å². The van der Waals surface area contributed by atoms with E-state index >= 15 is 0 Å². The summed E-state index contributed by atoms with van der Waals surface area (Å²) in [5.74, 6) is -1.33. The Morgan fingerprint density at radius 3 is 2.66 bits per heavy atom. The minimum atomic E-state index is -0.631. The summed E-state index contributed by atoms with van der Waals surface area (Å²) in [6, 6.07) is 12.7. The van der Waals surface area contributed by atoms with Crippen LogP contribution in [0.3, 0.4) is 0 Å². The molecule has 1 aliphatic heterocycles. The molecule has 152 valence electrons. The van der Waals surface area contributed by atoms with Gasteiger partial charge < -0.3 is 14.5 Å². The molecule has 7 heteroatoms. The Balaban J connectivity index is 1.59. The first kappa shape index (κ1) is 20.5. The van der Waals surface area contributed by atoms with E-state index in [1.165, 1.54) is 17.0 Å². The second-order valence-electron chi connectivity index (χ2n) is 6.81. The van der Waals surface area contributed by atoms with Gasteiger partial charge in [-0.3, -0.25) is 9.59 Å². The summed E-state index contributed by atoms with van der Waals surface area (Å²) in [6.45, 7) is 2.66. The number of anilines is 1. The van der Waals surface area contributed by atoms with Crippen molar-refractivity contribution in [1.29, 1.82) is 0 Å². The lowest BCUT2D eigenvalue weighted by Crippen LogP contribution is -2.34. The average Bonchev–Trinajstić information content (AvgIpc) is 3.16. The molecule has 0 N–H and O–H groups in total. The molecule has 0 radical (unpaired) electrons. The van der Waals surface area contributed by atoms with Crippen molar-refractivity contribution in [2.45, 2.75) is 26.3 Å². The molecule has 3 rings (SSSR count). The van der Waals surface area contributed by atoms with Crippen LogP contribution in [0.1, 0.15) is 35.7 Å². The largest absolute Gasteiger partial charge is 0.452 e. The number of esters is 1. The number of amides is 2. The SMILES string of the molecule is CCN(Cc1cccc(F)c1)C(=O)COC(=O)c1cccc(N2CCCC2=O)c1. The van der Waals surface area contributed by atoms with Crippen LogP contribution in [0.25, 0.3) is 0 Å². The Bertz CT molecular complexity index is 915. The van der Waals surface area contributed by atoms with Gasteiger partial charge in [0.2, 0.25) is 5.91 Å². The smallest absolute Gasteiger partial charge is 0.338 e. The van der Waals surface area contributed by atoms with E-state index in [9.17, 15) is 18.8 Å². The van der Waals surface area contributed by atoms with Crippen molar-refractivity contribution in [2.24, 2.45) is 0 Å². The minimum Gasteiger partial charge on any atom is -0.452 e. The Morgan fingerprint density at radius 1 is 1.17 bits per heavy atom. The monoisotopic (exact) mass is 398 g/mol. The normalized spacial score (nSPS) is 13.4. The van der Waals surface area contributed by atoms with Gasteiger partial charge in [0.25, 0.3) is 5.91 Å². The lowest BCUT2D eigenvalue weighted by molar-refractivity contribution is -0.135. The minimum absolute atomic E-state index is 0.0293. The van der Waals surface area contributed by atoms with E-state index in [0.29, 0.717) is 30.8 Å². The van der Waals surface area contributed by atoms with E-state index in [-0.39, 0.29) is 29.7 Å². The van der Waals surface area contributed by atoms with E-state index < -0.39 is 12.6 Å². The van der Waals surface area contributed by atoms with Gasteiger partial charge in [-0.25, -0.2) is 9.18 Å². The summed E-state index contributed by atoms with van der Waals surface area (Å²) in [5, 5.41) is 0. The number of benzene rings is 2. The van der Waals surface area contributed by atoms with Crippen molar-refractivity contribution in [3.8, 4) is 0 Å². The lowest BCUT2D eigenvalue weighted by atomic mass is 10.2. The van der Waals surface area contributed by atoms with Gasteiger partial charge >= 0.3 is 5.97 Å². The quantitative estimate of drug-likeness (QED) is 0.672. The van der Waals surface area contributed by atoms with E-state index in [2.05, 4.69) is 0 Å². The number of carbonyl (C=O) groups excluding carboxylic acids is 3. The van der Waals surface area contributed by atoms with E-state index in [1.807, 2.05) is 0 Å². The number of hydrogen-bond acceptors (Lipinski definition) is 4. The molecule has 0 aliphatic carbocycles. The van der Waals surface area contributed by atoms with Crippen LogP contribution in [-0.4, -0.2) is 42.4 Å². The fourth-order valence-corrected chi connectivity index (χ4v) is 3.26. The molecule has 2 aromatic carbocycles. The standard InChI is InChI=1S/C22H23FN2O4/c1-2-24(14-16-6-3-8-18(23)12-16)21(27)15-29-22(28)17-7-4-9-19(13-17)25-11-5-10-20(25)26/h3-4,6-9,12-13H,2,5,10-11,14-15H2,1H3. The predicted molar refractivity (Wildman–Crippen MR) is 106 cm³/mol. The summed E-state index contributed by atoms with van der Waals surface area (Å²) < 4.78 is 18.5. The molecular weight excluding hydrogens is 375 g/mol. The number of ether oxygens (including phenoxy) is 1. The van der Waals surface area contributed by atoms with Crippen LogP contribution in [0.2, 0.25) is 0 Å². The highest BCUT2D eigenvalue weighted by Gasteiger charge is 2.23. The fourth-order valence-electron chi connectivity index (χ4n) is 3.26. The topological polar surface area (TPSA) is 66.9 Å². The molecule has 2 aromatic rings. The van der Waals surface area contributed by atoms with Crippen LogP contribution in [0, 0.1) is 5.82 Å². The zero-order valence-corrected chi connectivity index (χ0v) is 16.3. The predicted octanol–water partition coefficient (Wildman–Crippen LogP) is 3.16. The second-order valence-corrected chi connectivity index (χ2v) is 6.81. The van der Waals surface area contributed by atoms with Crippen LogP contribution < -0.4 is 4.90 Å². The van der Waals surface area contributed by atoms with Crippen LogP contribution in [-0.2, 0) is 20.9 Å². The summed E-state index contributed by atoms with van der Waals surface area (Å²) in [6.07, 6.45) is 1.29. The molecule has 0 aromatic heterocycles. The first-order chi connectivity index (χ1) is 14.0. The maximum atomic E-state index is 13.3. The molecule has 0 unspecified atom stereocenters. The molecule has 29 heavy (non-hydrogen) atoms. The van der Waals surface area contributed by atoms with Gasteiger partial charge in [-0.15, -0.1) is 0 Å². The summed E-state index contributed by atoms with van der Waals surface area (Å²) in [7, 11) is 0. The highest BCUT2D eigenvalue weighted by molar-refractivity contribution is 5.97. The average molecular weight is 398 g/mol. The number of halogens is 1. The van der Waals surface area contributed by atoms with Gasteiger partial charge in [-0.05, 0) is 49.2 Å². The number of likely N-dealkylation sites (N-methyl/N-ethyl adjacent to an activating group) is 1. The molecule has 0 saturated carbocycles. The zero-order valence-electron chi connectivity index (χ0n) is 16.3. The number of nitrogens with zero attached hydrogens (tertiary/aromatic N) is 2. The molecule has 1 heterocycles. The van der Waals surface area contributed by atoms with Crippen molar-refractivity contribution < 1.29 is 23.5 Å². The second kappa shape index (κ2) is 9.32. The maximum Gasteiger partial charge on any atom is 0.338 e. The summed E-state index contributed by atoms with van der Waals surface area (Å²) in [5.41, 5.74) is 1.59. The van der Waals surface area contributed by atoms with Crippen molar-refractivity contribution in [2.75, 3.05) is 24.6 Å². The van der Waals surface area contributed by atoms with Gasteiger partial charge in [0.15, 0.2) is 6.61 Å². The van der Waals surface area contributed by atoms with E-state index in [4.69, 9.17) is 4.74 Å². The molecule has 0 spiro atoms. The Kier molecular flexibility index (Phi) is 6.59. The van der Waals surface area contributed by atoms with Gasteiger partial charge in [0.05, 0.1) is 5.56 Å². The highest BCUT2D eigenvalue weighted by atomic mass is 19.1. The molecule has 1 saturated heterocycles.